The second kappa shape index (κ2) is 6.68. The summed E-state index contributed by atoms with van der Waals surface area (Å²) in [5.41, 5.74) is 1.70. The lowest BCUT2D eigenvalue weighted by Gasteiger charge is -2.34. The number of pyridine rings is 1. The Balaban J connectivity index is 1.89. The number of carbonyl (C=O) groups excluding carboxylic acids is 1. The molecule has 0 saturated heterocycles. The summed E-state index contributed by atoms with van der Waals surface area (Å²) in [7, 11) is 3.02. The number of carbonyl (C=O) groups is 1. The highest BCUT2D eigenvalue weighted by Crippen LogP contribution is 2.37. The van der Waals surface area contributed by atoms with Crippen molar-refractivity contribution in [3.8, 4) is 11.4 Å². The Morgan fingerprint density at radius 1 is 1.38 bits per heavy atom. The zero-order chi connectivity index (χ0) is 17.2. The van der Waals surface area contributed by atoms with Gasteiger partial charge in [-0.1, -0.05) is 0 Å². The third-order valence-electron chi connectivity index (χ3n) is 4.57. The summed E-state index contributed by atoms with van der Waals surface area (Å²) in [6.07, 6.45) is 3.16. The second-order valence-electron chi connectivity index (χ2n) is 6.05. The molecule has 0 radical (unpaired) electrons. The Labute approximate surface area is 139 Å². The minimum atomic E-state index is -0.628. The Hall–Kier alpha value is -2.28. The minimum absolute atomic E-state index is 0.234. The normalized spacial score (nSPS) is 19.8. The van der Waals surface area contributed by atoms with Gasteiger partial charge in [-0.3, -0.25) is 14.5 Å². The maximum Gasteiger partial charge on any atom is 0.313 e. The van der Waals surface area contributed by atoms with Gasteiger partial charge in [0.2, 0.25) is 0 Å². The van der Waals surface area contributed by atoms with Gasteiger partial charge in [0, 0.05) is 19.4 Å². The number of halogens is 1. The Bertz CT molecular complexity index is 729. The summed E-state index contributed by atoms with van der Waals surface area (Å²) in [5, 5.41) is 4.55. The fraction of sp³-hybridized carbons (Fsp3) is 0.471. The maximum absolute atomic E-state index is 13.0. The molecule has 24 heavy (non-hydrogen) atoms. The van der Waals surface area contributed by atoms with Gasteiger partial charge in [0.15, 0.2) is 0 Å². The summed E-state index contributed by atoms with van der Waals surface area (Å²) in [5.74, 6) is -0.617. The number of rotatable bonds is 5. The van der Waals surface area contributed by atoms with Crippen molar-refractivity contribution >= 4 is 5.97 Å². The van der Waals surface area contributed by atoms with Crippen LogP contribution in [0.4, 0.5) is 4.39 Å². The zero-order valence-corrected chi connectivity index (χ0v) is 13.8. The first-order valence-corrected chi connectivity index (χ1v) is 7.84. The zero-order valence-electron chi connectivity index (χ0n) is 13.8. The molecule has 2 aromatic heterocycles. The van der Waals surface area contributed by atoms with Gasteiger partial charge in [0.05, 0.1) is 31.0 Å². The Morgan fingerprint density at radius 3 is 2.88 bits per heavy atom. The van der Waals surface area contributed by atoms with Crippen molar-refractivity contribution in [2.24, 2.45) is 5.41 Å². The molecule has 1 aliphatic heterocycles. The fourth-order valence-electron chi connectivity index (χ4n) is 3.17. The van der Waals surface area contributed by atoms with Gasteiger partial charge in [-0.05, 0) is 37.5 Å². The van der Waals surface area contributed by atoms with E-state index in [9.17, 15) is 9.18 Å². The van der Waals surface area contributed by atoms with Crippen molar-refractivity contribution in [3.05, 3.63) is 35.9 Å². The largest absolute Gasteiger partial charge is 0.469 e. The van der Waals surface area contributed by atoms with Gasteiger partial charge in [-0.15, -0.1) is 0 Å². The van der Waals surface area contributed by atoms with E-state index in [0.29, 0.717) is 43.8 Å². The van der Waals surface area contributed by atoms with Crippen molar-refractivity contribution in [1.29, 1.82) is 0 Å². The first kappa shape index (κ1) is 16.6. The van der Waals surface area contributed by atoms with Crippen LogP contribution in [0.2, 0.25) is 0 Å². The highest BCUT2D eigenvalue weighted by Gasteiger charge is 2.43. The van der Waals surface area contributed by atoms with Crippen molar-refractivity contribution in [1.82, 2.24) is 14.8 Å². The van der Waals surface area contributed by atoms with Crippen LogP contribution in [0.15, 0.2) is 24.4 Å². The molecule has 0 saturated carbocycles. The fourth-order valence-corrected chi connectivity index (χ4v) is 3.17. The van der Waals surface area contributed by atoms with Crippen LogP contribution in [-0.2, 0) is 27.2 Å². The number of methoxy groups -OCH3 is 2. The molecule has 128 valence electrons. The average molecular weight is 333 g/mol. The number of hydrogen-bond acceptors (Lipinski definition) is 5. The van der Waals surface area contributed by atoms with Gasteiger partial charge in [-0.2, -0.15) is 5.10 Å². The number of ether oxygens (including phenoxy) is 2. The molecule has 0 N–H and O–H groups in total. The lowest BCUT2D eigenvalue weighted by molar-refractivity contribution is -0.156. The molecular formula is C17H20FN3O3. The van der Waals surface area contributed by atoms with Gasteiger partial charge in [-0.25, -0.2) is 4.39 Å². The predicted molar refractivity (Wildman–Crippen MR) is 84.7 cm³/mol. The quantitative estimate of drug-likeness (QED) is 0.785. The van der Waals surface area contributed by atoms with Gasteiger partial charge >= 0.3 is 5.97 Å². The molecular weight excluding hydrogens is 313 g/mol. The van der Waals surface area contributed by atoms with Crippen LogP contribution in [0.3, 0.4) is 0 Å². The van der Waals surface area contributed by atoms with Crippen LogP contribution in [0.25, 0.3) is 11.4 Å². The monoisotopic (exact) mass is 333 g/mol. The SMILES string of the molecule is COCCC1(C(=O)OC)CCc2cc(-c3ccc(F)cn3)nn2C1. The Morgan fingerprint density at radius 2 is 2.21 bits per heavy atom. The number of nitrogens with zero attached hydrogens (tertiary/aromatic N) is 3. The number of esters is 1. The summed E-state index contributed by atoms with van der Waals surface area (Å²) >= 11 is 0. The summed E-state index contributed by atoms with van der Waals surface area (Å²) in [4.78, 5) is 16.4. The average Bonchev–Trinajstić information content (AvgIpc) is 3.02. The van der Waals surface area contributed by atoms with E-state index in [1.807, 2.05) is 10.7 Å². The summed E-state index contributed by atoms with van der Waals surface area (Å²) in [6, 6.07) is 4.90. The molecule has 1 aliphatic rings. The van der Waals surface area contributed by atoms with Crippen LogP contribution >= 0.6 is 0 Å². The van der Waals surface area contributed by atoms with Crippen LogP contribution in [-0.4, -0.2) is 41.6 Å². The first-order valence-electron chi connectivity index (χ1n) is 7.84. The molecule has 0 aliphatic carbocycles. The number of aromatic nitrogens is 3. The molecule has 0 fully saturated rings. The van der Waals surface area contributed by atoms with E-state index in [2.05, 4.69) is 10.1 Å². The smallest absolute Gasteiger partial charge is 0.313 e. The molecule has 6 nitrogen and oxygen atoms in total. The summed E-state index contributed by atoms with van der Waals surface area (Å²) in [6.45, 7) is 0.928. The molecule has 3 rings (SSSR count). The highest BCUT2D eigenvalue weighted by molar-refractivity contribution is 5.77. The molecule has 0 aromatic carbocycles. The topological polar surface area (TPSA) is 66.2 Å². The van der Waals surface area contributed by atoms with Crippen molar-refractivity contribution < 1.29 is 18.7 Å². The molecule has 1 atom stereocenters. The lowest BCUT2D eigenvalue weighted by atomic mass is 9.77. The predicted octanol–water partition coefficient (Wildman–Crippen LogP) is 2.23. The maximum atomic E-state index is 13.0. The molecule has 7 heteroatoms. The number of hydrogen-bond donors (Lipinski definition) is 0. The Kier molecular flexibility index (Phi) is 4.62. The molecule has 0 bridgehead atoms. The second-order valence-corrected chi connectivity index (χ2v) is 6.05. The third-order valence-corrected chi connectivity index (χ3v) is 4.57. The van der Waals surface area contributed by atoms with E-state index in [1.165, 1.54) is 19.4 Å². The van der Waals surface area contributed by atoms with Crippen molar-refractivity contribution in [2.45, 2.75) is 25.8 Å². The van der Waals surface area contributed by atoms with E-state index in [1.54, 1.807) is 13.2 Å². The minimum Gasteiger partial charge on any atom is -0.469 e. The first-order chi connectivity index (χ1) is 11.6. The van der Waals surface area contributed by atoms with Crippen LogP contribution in [0, 0.1) is 11.2 Å². The third kappa shape index (κ3) is 3.03. The molecule has 2 aromatic rings. The number of aryl methyl sites for hydroxylation is 1. The molecule has 3 heterocycles. The summed E-state index contributed by atoms with van der Waals surface area (Å²) < 4.78 is 25.0. The van der Waals surface area contributed by atoms with E-state index in [-0.39, 0.29) is 11.8 Å². The van der Waals surface area contributed by atoms with Crippen LogP contribution < -0.4 is 0 Å². The van der Waals surface area contributed by atoms with Crippen LogP contribution in [0.1, 0.15) is 18.5 Å². The molecule has 1 unspecified atom stereocenters. The van der Waals surface area contributed by atoms with Gasteiger partial charge in [0.1, 0.15) is 11.5 Å². The van der Waals surface area contributed by atoms with Gasteiger partial charge < -0.3 is 9.47 Å². The van der Waals surface area contributed by atoms with Crippen molar-refractivity contribution in [3.63, 3.8) is 0 Å². The lowest BCUT2D eigenvalue weighted by Crippen LogP contribution is -2.41. The van der Waals surface area contributed by atoms with Gasteiger partial charge in [0.25, 0.3) is 0 Å². The van der Waals surface area contributed by atoms with E-state index in [4.69, 9.17) is 9.47 Å². The van der Waals surface area contributed by atoms with E-state index < -0.39 is 5.41 Å². The standard InChI is InChI=1S/C17H20FN3O3/c1-23-8-7-17(16(22)24-2)6-5-13-9-15(20-21(13)11-17)14-4-3-12(18)10-19-14/h3-4,9-10H,5-8,11H2,1-2H3. The van der Waals surface area contributed by atoms with E-state index in [0.717, 1.165) is 5.69 Å². The molecule has 0 spiro atoms. The van der Waals surface area contributed by atoms with Crippen LogP contribution in [0.5, 0.6) is 0 Å². The van der Waals surface area contributed by atoms with E-state index >= 15 is 0 Å². The van der Waals surface area contributed by atoms with Crippen molar-refractivity contribution in [2.75, 3.05) is 20.8 Å². The number of fused-ring (bicyclic) bond motifs is 1. The molecule has 0 amide bonds. The highest BCUT2D eigenvalue weighted by atomic mass is 19.1.